The minimum Gasteiger partial charge on any atom is -0.497 e. The average Bonchev–Trinajstić information content (AvgIpc) is 3.54. The van der Waals surface area contributed by atoms with Gasteiger partial charge in [0.25, 0.3) is 5.91 Å². The number of amides is 1. The van der Waals surface area contributed by atoms with Gasteiger partial charge in [-0.3, -0.25) is 4.79 Å². The molecule has 1 amide bonds. The van der Waals surface area contributed by atoms with Crippen LogP contribution in [0.15, 0.2) is 75.3 Å². The molecule has 0 bridgehead atoms. The summed E-state index contributed by atoms with van der Waals surface area (Å²) in [4.78, 5) is 18.2. The Balaban J connectivity index is 1.70. The average molecular weight is 513 g/mol. The fourth-order valence-corrected chi connectivity index (χ4v) is 5.79. The van der Waals surface area contributed by atoms with Crippen molar-refractivity contribution >= 4 is 48.8 Å². The summed E-state index contributed by atoms with van der Waals surface area (Å²) in [7, 11) is -2.06. The molecule has 0 N–H and O–H groups in total. The molecule has 0 aliphatic carbocycles. The number of carbonyl (C=O) groups is 1. The van der Waals surface area contributed by atoms with Crippen LogP contribution >= 0.6 is 11.3 Å². The fraction of sp³-hybridized carbons (Fsp3) is 0.208. The van der Waals surface area contributed by atoms with Crippen molar-refractivity contribution in [3.8, 4) is 5.75 Å². The van der Waals surface area contributed by atoms with Gasteiger partial charge in [-0.1, -0.05) is 25.2 Å². The lowest BCUT2D eigenvalue weighted by Crippen LogP contribution is -2.30. The zero-order valence-corrected chi connectivity index (χ0v) is 21.0. The van der Waals surface area contributed by atoms with Crippen LogP contribution in [0.2, 0.25) is 0 Å². The molecule has 9 nitrogen and oxygen atoms in total. The Morgan fingerprint density at radius 1 is 1.14 bits per heavy atom. The summed E-state index contributed by atoms with van der Waals surface area (Å²) in [6, 6.07) is 14.7. The van der Waals surface area contributed by atoms with Gasteiger partial charge in [-0.05, 0) is 54.6 Å². The van der Waals surface area contributed by atoms with E-state index < -0.39 is 15.9 Å². The van der Waals surface area contributed by atoms with E-state index in [1.807, 2.05) is 6.07 Å². The van der Waals surface area contributed by atoms with Crippen molar-refractivity contribution in [2.24, 2.45) is 5.10 Å². The highest BCUT2D eigenvalue weighted by atomic mass is 32.2. The van der Waals surface area contributed by atoms with Crippen molar-refractivity contribution in [2.75, 3.05) is 25.2 Å². The largest absolute Gasteiger partial charge is 0.497 e. The van der Waals surface area contributed by atoms with Crippen LogP contribution in [0.1, 0.15) is 30.0 Å². The quantitative estimate of drug-likeness (QED) is 0.240. The van der Waals surface area contributed by atoms with Gasteiger partial charge < -0.3 is 9.15 Å². The summed E-state index contributed by atoms with van der Waals surface area (Å²) in [5.74, 6) is 0.673. The third-order valence-electron chi connectivity index (χ3n) is 5.25. The zero-order valence-electron chi connectivity index (χ0n) is 19.4. The number of hydrogen-bond acceptors (Lipinski definition) is 8. The van der Waals surface area contributed by atoms with Gasteiger partial charge in [-0.25, -0.2) is 13.4 Å². The maximum atomic E-state index is 13.5. The predicted octanol–water partition coefficient (Wildman–Crippen LogP) is 4.61. The van der Waals surface area contributed by atoms with Crippen molar-refractivity contribution in [3.63, 3.8) is 0 Å². The maximum absolute atomic E-state index is 13.5. The molecule has 0 saturated heterocycles. The molecule has 0 fully saturated rings. The first-order valence-electron chi connectivity index (χ1n) is 10.8. The molecule has 11 heteroatoms. The minimum atomic E-state index is -3.64. The molecule has 35 heavy (non-hydrogen) atoms. The van der Waals surface area contributed by atoms with E-state index in [2.05, 4.69) is 10.1 Å². The molecule has 182 valence electrons. The standard InChI is InChI=1S/C24H24N4O5S2/c1-4-27(5-2)35(30,31)20-11-8-17(9-12-20)23(29)28(25-16-19-7-6-14-33-19)24-26-21-13-10-18(32-3)15-22(21)34-24/h6-16H,4-5H2,1-3H3/b25-16+. The zero-order chi connectivity index (χ0) is 25.0. The third kappa shape index (κ3) is 5.11. The molecule has 0 atom stereocenters. The van der Waals surface area contributed by atoms with Crippen LogP contribution in [0.25, 0.3) is 10.2 Å². The minimum absolute atomic E-state index is 0.121. The lowest BCUT2D eigenvalue weighted by atomic mass is 10.2. The Morgan fingerprint density at radius 3 is 2.51 bits per heavy atom. The number of ether oxygens (including phenoxy) is 1. The number of sulfonamides is 1. The van der Waals surface area contributed by atoms with Gasteiger partial charge in [-0.2, -0.15) is 14.4 Å². The van der Waals surface area contributed by atoms with Crippen molar-refractivity contribution in [1.82, 2.24) is 9.29 Å². The van der Waals surface area contributed by atoms with E-state index in [0.29, 0.717) is 35.2 Å². The number of aromatic nitrogens is 1. The lowest BCUT2D eigenvalue weighted by Gasteiger charge is -2.19. The van der Waals surface area contributed by atoms with Crippen LogP contribution in [0.4, 0.5) is 5.13 Å². The first-order valence-corrected chi connectivity index (χ1v) is 13.1. The van der Waals surface area contributed by atoms with E-state index in [-0.39, 0.29) is 10.5 Å². The van der Waals surface area contributed by atoms with Crippen molar-refractivity contribution in [3.05, 3.63) is 72.2 Å². The van der Waals surface area contributed by atoms with E-state index in [9.17, 15) is 13.2 Å². The molecule has 2 aromatic carbocycles. The number of thiazole rings is 1. The molecular formula is C24H24N4O5S2. The summed E-state index contributed by atoms with van der Waals surface area (Å²) in [5, 5.41) is 5.85. The van der Waals surface area contributed by atoms with Crippen LogP contribution in [-0.4, -0.2) is 50.0 Å². The molecule has 0 aliphatic rings. The lowest BCUT2D eigenvalue weighted by molar-refractivity contribution is 0.0987. The molecule has 2 heterocycles. The van der Waals surface area contributed by atoms with E-state index >= 15 is 0 Å². The Morgan fingerprint density at radius 2 is 1.89 bits per heavy atom. The van der Waals surface area contributed by atoms with Crippen LogP contribution < -0.4 is 9.75 Å². The number of carbonyl (C=O) groups excluding carboxylic acids is 1. The van der Waals surface area contributed by atoms with Crippen molar-refractivity contribution in [2.45, 2.75) is 18.7 Å². The molecular weight excluding hydrogens is 488 g/mol. The first-order chi connectivity index (χ1) is 16.9. The molecule has 0 radical (unpaired) electrons. The fourth-order valence-electron chi connectivity index (χ4n) is 3.38. The summed E-state index contributed by atoms with van der Waals surface area (Å²) >= 11 is 1.28. The molecule has 0 unspecified atom stereocenters. The number of hydrazone groups is 1. The smallest absolute Gasteiger partial charge is 0.280 e. The summed E-state index contributed by atoms with van der Waals surface area (Å²) in [5.41, 5.74) is 0.953. The summed E-state index contributed by atoms with van der Waals surface area (Å²) < 4.78 is 38.4. The normalized spacial score (nSPS) is 12.0. The number of hydrogen-bond donors (Lipinski definition) is 0. The predicted molar refractivity (Wildman–Crippen MR) is 136 cm³/mol. The number of rotatable bonds is 9. The van der Waals surface area contributed by atoms with E-state index in [1.54, 1.807) is 45.2 Å². The number of furan rings is 1. The molecule has 0 spiro atoms. The van der Waals surface area contributed by atoms with Gasteiger partial charge >= 0.3 is 0 Å². The molecule has 4 aromatic rings. The third-order valence-corrected chi connectivity index (χ3v) is 8.30. The highest BCUT2D eigenvalue weighted by molar-refractivity contribution is 7.89. The number of anilines is 1. The molecule has 4 rings (SSSR count). The first kappa shape index (κ1) is 24.6. The van der Waals surface area contributed by atoms with Crippen molar-refractivity contribution < 1.29 is 22.4 Å². The number of nitrogens with zero attached hydrogens (tertiary/aromatic N) is 4. The second kappa shape index (κ2) is 10.4. The monoisotopic (exact) mass is 512 g/mol. The van der Waals surface area contributed by atoms with Crippen LogP contribution in [0, 0.1) is 0 Å². The second-order valence-electron chi connectivity index (χ2n) is 7.32. The Hall–Kier alpha value is -3.54. The molecule has 0 aliphatic heterocycles. The maximum Gasteiger partial charge on any atom is 0.280 e. The van der Waals surface area contributed by atoms with Gasteiger partial charge in [0, 0.05) is 18.7 Å². The van der Waals surface area contributed by atoms with E-state index in [4.69, 9.17) is 9.15 Å². The molecule has 2 aromatic heterocycles. The Bertz CT molecular complexity index is 1440. The summed E-state index contributed by atoms with van der Waals surface area (Å²) in [6.45, 7) is 4.28. The SMILES string of the molecule is CCN(CC)S(=O)(=O)c1ccc(C(=O)N(/N=C/c2ccco2)c2nc3ccc(OC)cc3s2)cc1. The van der Waals surface area contributed by atoms with Gasteiger partial charge in [0.2, 0.25) is 15.2 Å². The van der Waals surface area contributed by atoms with E-state index in [1.165, 1.54) is 57.4 Å². The second-order valence-corrected chi connectivity index (χ2v) is 10.3. The van der Waals surface area contributed by atoms with Gasteiger partial charge in [-0.15, -0.1) is 0 Å². The van der Waals surface area contributed by atoms with E-state index in [0.717, 1.165) is 4.70 Å². The number of fused-ring (bicyclic) bond motifs is 1. The van der Waals surface area contributed by atoms with Crippen LogP contribution in [-0.2, 0) is 10.0 Å². The highest BCUT2D eigenvalue weighted by Crippen LogP contribution is 2.32. The number of benzene rings is 2. The van der Waals surface area contributed by atoms with Crippen LogP contribution in [0.5, 0.6) is 5.75 Å². The summed E-state index contributed by atoms with van der Waals surface area (Å²) in [6.07, 6.45) is 2.93. The van der Waals surface area contributed by atoms with Gasteiger partial charge in [0.05, 0.1) is 34.7 Å². The van der Waals surface area contributed by atoms with Crippen LogP contribution in [0.3, 0.4) is 0 Å². The topological polar surface area (TPSA) is 105 Å². The highest BCUT2D eigenvalue weighted by Gasteiger charge is 2.24. The van der Waals surface area contributed by atoms with Crippen molar-refractivity contribution in [1.29, 1.82) is 0 Å². The Kier molecular flexibility index (Phi) is 7.29. The molecule has 0 saturated carbocycles. The van der Waals surface area contributed by atoms with Gasteiger partial charge in [0.15, 0.2) is 0 Å². The number of methoxy groups -OCH3 is 1. The van der Waals surface area contributed by atoms with Gasteiger partial charge in [0.1, 0.15) is 11.5 Å². The Labute approximate surface area is 207 Å².